The van der Waals surface area contributed by atoms with Gasteiger partial charge in [0.05, 0.1) is 23.3 Å². The quantitative estimate of drug-likeness (QED) is 0.421. The average Bonchev–Trinajstić information content (AvgIpc) is 2.37. The van der Waals surface area contributed by atoms with Crippen LogP contribution in [-0.4, -0.2) is 0 Å². The highest BCUT2D eigenvalue weighted by Crippen LogP contribution is 2.65. The Morgan fingerprint density at radius 3 is 0.941 bits per heavy atom. The first-order valence-corrected chi connectivity index (χ1v) is 8.89. The van der Waals surface area contributed by atoms with Crippen LogP contribution in [0.15, 0.2) is 47.6 Å². The largest absolute Gasteiger partial charge is 0.113 e. The maximum atomic E-state index is 2.41. The van der Waals surface area contributed by atoms with Crippen LogP contribution in [0.25, 0.3) is 0 Å². The molecule has 0 unspecified atom stereocenters. The molecule has 0 bridgehead atoms. The van der Waals surface area contributed by atoms with E-state index < -0.39 is 7.26 Å². The van der Waals surface area contributed by atoms with Crippen LogP contribution in [0.1, 0.15) is 53.4 Å². The molecule has 0 nitrogen and oxygen atoms in total. The topological polar surface area (TPSA) is 0 Å². The molecule has 0 saturated heterocycles. The fourth-order valence-electron chi connectivity index (χ4n) is 1.45. The first-order chi connectivity index (χ1) is 8.24. The van der Waals surface area contributed by atoms with Crippen LogP contribution in [0.5, 0.6) is 0 Å². The van der Waals surface area contributed by atoms with Crippen molar-refractivity contribution in [2.45, 2.75) is 53.4 Å². The van der Waals surface area contributed by atoms with Crippen LogP contribution >= 0.6 is 7.26 Å². The second-order valence-corrected chi connectivity index (χ2v) is 7.05. The minimum Gasteiger partial charge on any atom is -0.0617 e. The van der Waals surface area contributed by atoms with E-state index in [2.05, 4.69) is 75.3 Å². The summed E-state index contributed by atoms with van der Waals surface area (Å²) in [5, 5.41) is 0. The smallest absolute Gasteiger partial charge is 0.0617 e. The molecular weight excluding hydrogens is 223 g/mol. The van der Waals surface area contributed by atoms with E-state index in [-0.39, 0.29) is 0 Å². The normalized spacial score (nSPS) is 16.7. The Kier molecular flexibility index (Phi) is 10.2. The van der Waals surface area contributed by atoms with E-state index in [4.69, 9.17) is 0 Å². The number of rotatable bonds is 8. The standard InChI is InChI=1S/C16H28P/c1-5-9-13-17(14-10-6-2,15-11-7-3)16-12-8-4/h9-16H,5-8H2,1-4H3/q+1. The van der Waals surface area contributed by atoms with Gasteiger partial charge in [-0.1, -0.05) is 27.7 Å². The summed E-state index contributed by atoms with van der Waals surface area (Å²) in [7, 11) is -1.28. The summed E-state index contributed by atoms with van der Waals surface area (Å²) in [5.41, 5.74) is 0. The summed E-state index contributed by atoms with van der Waals surface area (Å²) < 4.78 is 0. The van der Waals surface area contributed by atoms with Crippen LogP contribution in [0.3, 0.4) is 0 Å². The van der Waals surface area contributed by atoms with Crippen molar-refractivity contribution in [2.75, 3.05) is 0 Å². The van der Waals surface area contributed by atoms with Gasteiger partial charge < -0.3 is 0 Å². The minimum absolute atomic E-state index is 1.11. The zero-order valence-electron chi connectivity index (χ0n) is 11.9. The summed E-state index contributed by atoms with van der Waals surface area (Å²) in [5.74, 6) is 9.66. The Hall–Kier alpha value is -0.610. The zero-order valence-corrected chi connectivity index (χ0v) is 12.8. The summed E-state index contributed by atoms with van der Waals surface area (Å²) in [4.78, 5) is 0. The lowest BCUT2D eigenvalue weighted by Gasteiger charge is -2.10. The third kappa shape index (κ3) is 7.34. The maximum Gasteiger partial charge on any atom is 0.113 e. The van der Waals surface area contributed by atoms with E-state index in [9.17, 15) is 0 Å². The molecule has 17 heavy (non-hydrogen) atoms. The molecule has 0 aromatic heterocycles. The Morgan fingerprint density at radius 1 is 0.529 bits per heavy atom. The maximum absolute atomic E-state index is 2.41. The van der Waals surface area contributed by atoms with Gasteiger partial charge in [-0.15, -0.1) is 0 Å². The fraction of sp³-hybridized carbons (Fsp3) is 0.500. The summed E-state index contributed by atoms with van der Waals surface area (Å²) in [6.45, 7) is 8.78. The van der Waals surface area contributed by atoms with Gasteiger partial charge in [0, 0.05) is 0 Å². The third-order valence-electron chi connectivity index (χ3n) is 2.40. The number of hydrogen-bond donors (Lipinski definition) is 0. The minimum atomic E-state index is -1.28. The molecule has 0 aliphatic rings. The Morgan fingerprint density at radius 2 is 0.765 bits per heavy atom. The number of allylic oxidation sites excluding steroid dienone is 4. The van der Waals surface area contributed by atoms with E-state index in [1.807, 2.05) is 0 Å². The highest BCUT2D eigenvalue weighted by molar-refractivity contribution is 7.87. The molecule has 96 valence electrons. The molecule has 0 fully saturated rings. The molecule has 0 rings (SSSR count). The van der Waals surface area contributed by atoms with Gasteiger partial charge in [0.2, 0.25) is 0 Å². The monoisotopic (exact) mass is 251 g/mol. The van der Waals surface area contributed by atoms with Crippen molar-refractivity contribution in [1.29, 1.82) is 0 Å². The van der Waals surface area contributed by atoms with Gasteiger partial charge in [-0.25, -0.2) is 0 Å². The highest BCUT2D eigenvalue weighted by atomic mass is 31.2. The first kappa shape index (κ1) is 16.4. The van der Waals surface area contributed by atoms with Crippen molar-refractivity contribution in [1.82, 2.24) is 0 Å². The molecule has 0 aliphatic carbocycles. The second-order valence-electron chi connectivity index (χ2n) is 4.07. The van der Waals surface area contributed by atoms with E-state index in [1.165, 1.54) is 0 Å². The van der Waals surface area contributed by atoms with E-state index in [0.29, 0.717) is 0 Å². The molecule has 0 atom stereocenters. The lowest BCUT2D eigenvalue weighted by molar-refractivity contribution is 1.22. The highest BCUT2D eigenvalue weighted by Gasteiger charge is 2.24. The first-order valence-electron chi connectivity index (χ1n) is 6.83. The lowest BCUT2D eigenvalue weighted by atomic mass is 10.5. The van der Waals surface area contributed by atoms with Crippen molar-refractivity contribution in [3.63, 3.8) is 0 Å². The van der Waals surface area contributed by atoms with Gasteiger partial charge >= 0.3 is 0 Å². The van der Waals surface area contributed by atoms with Gasteiger partial charge in [-0.2, -0.15) is 0 Å². The van der Waals surface area contributed by atoms with Crippen LogP contribution in [0.2, 0.25) is 0 Å². The molecule has 1 heteroatoms. The fourth-order valence-corrected chi connectivity index (χ4v) is 4.35. The van der Waals surface area contributed by atoms with Gasteiger partial charge in [-0.3, -0.25) is 0 Å². The van der Waals surface area contributed by atoms with Crippen molar-refractivity contribution >= 4 is 7.26 Å². The van der Waals surface area contributed by atoms with Crippen LogP contribution < -0.4 is 0 Å². The van der Waals surface area contributed by atoms with Crippen molar-refractivity contribution < 1.29 is 0 Å². The third-order valence-corrected chi connectivity index (χ3v) is 5.31. The molecule has 0 saturated carbocycles. The van der Waals surface area contributed by atoms with Gasteiger partial charge in [0.15, 0.2) is 0 Å². The van der Waals surface area contributed by atoms with Gasteiger partial charge in [-0.05, 0) is 50.0 Å². The predicted octanol–water partition coefficient (Wildman–Crippen LogP) is 6.70. The van der Waals surface area contributed by atoms with E-state index >= 15 is 0 Å². The summed E-state index contributed by atoms with van der Waals surface area (Å²) >= 11 is 0. The lowest BCUT2D eigenvalue weighted by Crippen LogP contribution is -1.77. The molecule has 0 spiro atoms. The SMILES string of the molecule is CCC=C[P+](C=CCC)(C=CCC)C=CCC. The van der Waals surface area contributed by atoms with Gasteiger partial charge in [0.1, 0.15) is 7.26 Å². The Bertz CT molecular complexity index is 220. The molecule has 0 radical (unpaired) electrons. The van der Waals surface area contributed by atoms with Crippen LogP contribution in [0.4, 0.5) is 0 Å². The predicted molar refractivity (Wildman–Crippen MR) is 84.6 cm³/mol. The molecule has 0 N–H and O–H groups in total. The molecule has 0 heterocycles. The van der Waals surface area contributed by atoms with E-state index in [1.54, 1.807) is 0 Å². The summed E-state index contributed by atoms with van der Waals surface area (Å²) in [6, 6.07) is 0. The second kappa shape index (κ2) is 10.5. The van der Waals surface area contributed by atoms with Crippen molar-refractivity contribution in [3.8, 4) is 0 Å². The summed E-state index contributed by atoms with van der Waals surface area (Å²) in [6.07, 6.45) is 13.6. The average molecular weight is 251 g/mol. The zero-order chi connectivity index (χ0) is 13.0. The van der Waals surface area contributed by atoms with Crippen molar-refractivity contribution in [3.05, 3.63) is 47.6 Å². The van der Waals surface area contributed by atoms with Gasteiger partial charge in [0.25, 0.3) is 0 Å². The molecule has 0 aliphatic heterocycles. The molecular formula is C16H28P+. The van der Waals surface area contributed by atoms with Crippen molar-refractivity contribution in [2.24, 2.45) is 0 Å². The Labute approximate surface area is 109 Å². The number of hydrogen-bond acceptors (Lipinski definition) is 0. The van der Waals surface area contributed by atoms with Crippen LogP contribution in [-0.2, 0) is 0 Å². The van der Waals surface area contributed by atoms with E-state index in [0.717, 1.165) is 25.7 Å². The molecule has 0 amide bonds. The molecule has 0 aromatic rings. The Balaban J connectivity index is 5.18. The molecule has 0 aromatic carbocycles. The van der Waals surface area contributed by atoms with Crippen LogP contribution in [0, 0.1) is 0 Å².